The van der Waals surface area contributed by atoms with Gasteiger partial charge in [0.15, 0.2) is 10.9 Å². The summed E-state index contributed by atoms with van der Waals surface area (Å²) in [7, 11) is 3.48. The van der Waals surface area contributed by atoms with Crippen LogP contribution in [0.5, 0.6) is 5.75 Å². The van der Waals surface area contributed by atoms with E-state index in [2.05, 4.69) is 5.10 Å². The number of nitrogens with two attached hydrogens (primary N) is 1. The molecule has 0 unspecified atom stereocenters. The normalized spacial score (nSPS) is 19.4. The molecular formula is C32H40ClN5O4. The molecule has 9 nitrogen and oxygen atoms in total. The molecule has 2 aromatic carbocycles. The standard InChI is InChI=1S/C32H40ClN5O4/c1-36-27-18-22(7-11-25(27)31(33)35-36)8-13-29(39)28-19-23(17-21-5-9-24(42-2)10-6-21)20-38(28)32(41)26(34)12-14-30(40)37-15-3-4-16-37/h5-7,9-11,18,23,26,28H,3-4,8,12-17,19-20,34H2,1-2H3/t23-,26-,28+/m1/s1. The number of carbonyl (C=O) groups is 3. The lowest BCUT2D eigenvalue weighted by Crippen LogP contribution is -2.49. The van der Waals surface area contributed by atoms with Crippen LogP contribution in [-0.4, -0.2) is 76.0 Å². The van der Waals surface area contributed by atoms with Crippen molar-refractivity contribution in [2.45, 2.75) is 63.5 Å². The molecule has 42 heavy (non-hydrogen) atoms. The Morgan fingerprint density at radius 1 is 1.07 bits per heavy atom. The molecule has 0 spiro atoms. The second-order valence-corrected chi connectivity index (χ2v) is 12.0. The summed E-state index contributed by atoms with van der Waals surface area (Å²) in [5, 5.41) is 5.59. The van der Waals surface area contributed by atoms with E-state index in [1.807, 2.05) is 54.4 Å². The summed E-state index contributed by atoms with van der Waals surface area (Å²) >= 11 is 6.21. The van der Waals surface area contributed by atoms with E-state index in [0.717, 1.165) is 60.1 Å². The number of benzene rings is 2. The second kappa shape index (κ2) is 13.3. The molecule has 2 amide bonds. The summed E-state index contributed by atoms with van der Waals surface area (Å²) in [6.45, 7) is 2.02. The molecule has 10 heteroatoms. The molecule has 3 heterocycles. The molecule has 5 rings (SSSR count). The van der Waals surface area contributed by atoms with Crippen LogP contribution in [0.25, 0.3) is 10.9 Å². The lowest BCUT2D eigenvalue weighted by atomic mass is 9.94. The Labute approximate surface area is 251 Å². The Morgan fingerprint density at radius 2 is 1.79 bits per heavy atom. The van der Waals surface area contributed by atoms with Crippen LogP contribution in [0.4, 0.5) is 0 Å². The molecule has 1 aromatic heterocycles. The quantitative estimate of drug-likeness (QED) is 0.361. The van der Waals surface area contributed by atoms with E-state index in [0.29, 0.717) is 31.0 Å². The number of ether oxygens (including phenoxy) is 1. The first kappa shape index (κ1) is 30.0. The van der Waals surface area contributed by atoms with Gasteiger partial charge in [-0.2, -0.15) is 5.10 Å². The average molecular weight is 594 g/mol. The van der Waals surface area contributed by atoms with Crippen LogP contribution < -0.4 is 10.5 Å². The molecule has 224 valence electrons. The van der Waals surface area contributed by atoms with Gasteiger partial charge in [0.1, 0.15) is 5.75 Å². The highest BCUT2D eigenvalue weighted by atomic mass is 35.5. The third-order valence-corrected chi connectivity index (χ3v) is 8.98. The molecule has 3 aromatic rings. The lowest BCUT2D eigenvalue weighted by molar-refractivity contribution is -0.139. The number of fused-ring (bicyclic) bond motifs is 1. The van der Waals surface area contributed by atoms with Crippen LogP contribution in [0.3, 0.4) is 0 Å². The predicted octanol–water partition coefficient (Wildman–Crippen LogP) is 3.93. The number of Topliss-reactive ketones (excluding diaryl/α,β-unsaturated/α-hetero) is 1. The second-order valence-electron chi connectivity index (χ2n) is 11.6. The fraction of sp³-hybridized carbons (Fsp3) is 0.500. The van der Waals surface area contributed by atoms with Gasteiger partial charge < -0.3 is 20.3 Å². The smallest absolute Gasteiger partial charge is 0.240 e. The number of ketones is 1. The van der Waals surface area contributed by atoms with Crippen LogP contribution >= 0.6 is 11.6 Å². The summed E-state index contributed by atoms with van der Waals surface area (Å²) in [5.74, 6) is 0.752. The number of hydrogen-bond acceptors (Lipinski definition) is 6. The van der Waals surface area contributed by atoms with E-state index in [1.54, 1.807) is 16.7 Å². The average Bonchev–Trinajstić information content (AvgIpc) is 3.74. The van der Waals surface area contributed by atoms with Crippen molar-refractivity contribution in [3.8, 4) is 5.75 Å². The molecule has 0 aliphatic carbocycles. The molecule has 2 N–H and O–H groups in total. The monoisotopic (exact) mass is 593 g/mol. The van der Waals surface area contributed by atoms with Gasteiger partial charge >= 0.3 is 0 Å². The fourth-order valence-corrected chi connectivity index (χ4v) is 6.58. The van der Waals surface area contributed by atoms with E-state index >= 15 is 0 Å². The molecule has 2 saturated heterocycles. The number of methoxy groups -OCH3 is 1. The van der Waals surface area contributed by atoms with Gasteiger partial charge in [0, 0.05) is 44.9 Å². The number of aryl methyl sites for hydroxylation is 2. The Balaban J connectivity index is 1.26. The first-order valence-electron chi connectivity index (χ1n) is 14.8. The number of hydrogen-bond donors (Lipinski definition) is 1. The topological polar surface area (TPSA) is 111 Å². The number of likely N-dealkylation sites (tertiary alicyclic amines) is 2. The molecule has 0 radical (unpaired) electrons. The van der Waals surface area contributed by atoms with Crippen molar-refractivity contribution >= 4 is 40.1 Å². The zero-order valence-electron chi connectivity index (χ0n) is 24.4. The fourth-order valence-electron chi connectivity index (χ4n) is 6.30. The van der Waals surface area contributed by atoms with Gasteiger partial charge in [0.2, 0.25) is 11.8 Å². The largest absolute Gasteiger partial charge is 0.497 e. The number of nitrogens with zero attached hydrogens (tertiary/aromatic N) is 4. The third kappa shape index (κ3) is 6.79. The maximum Gasteiger partial charge on any atom is 0.240 e. The van der Waals surface area contributed by atoms with Crippen LogP contribution in [-0.2, 0) is 34.3 Å². The summed E-state index contributed by atoms with van der Waals surface area (Å²) < 4.78 is 7.02. The molecule has 0 bridgehead atoms. The highest BCUT2D eigenvalue weighted by Crippen LogP contribution is 2.30. The van der Waals surface area contributed by atoms with Crippen molar-refractivity contribution in [2.24, 2.45) is 18.7 Å². The van der Waals surface area contributed by atoms with Gasteiger partial charge in [-0.1, -0.05) is 29.8 Å². The summed E-state index contributed by atoms with van der Waals surface area (Å²) in [6, 6.07) is 12.5. The van der Waals surface area contributed by atoms with Crippen molar-refractivity contribution < 1.29 is 19.1 Å². The predicted molar refractivity (Wildman–Crippen MR) is 162 cm³/mol. The van der Waals surface area contributed by atoms with Crippen LogP contribution in [0.2, 0.25) is 5.15 Å². The van der Waals surface area contributed by atoms with Crippen LogP contribution in [0, 0.1) is 5.92 Å². The minimum atomic E-state index is -0.816. The Morgan fingerprint density at radius 3 is 2.50 bits per heavy atom. The first-order valence-corrected chi connectivity index (χ1v) is 15.2. The van der Waals surface area contributed by atoms with Crippen molar-refractivity contribution in [1.82, 2.24) is 19.6 Å². The molecule has 2 aliphatic rings. The number of carbonyl (C=O) groups excluding carboxylic acids is 3. The van der Waals surface area contributed by atoms with Crippen molar-refractivity contribution in [3.05, 3.63) is 58.7 Å². The maximum atomic E-state index is 13.7. The SMILES string of the molecule is COc1ccc(C[C@@H]2C[C@@H](C(=O)CCc3ccc4c(Cl)nn(C)c4c3)N(C(=O)[C@H](N)CCC(=O)N3CCCC3)C2)cc1. The van der Waals surface area contributed by atoms with Crippen molar-refractivity contribution in [3.63, 3.8) is 0 Å². The minimum absolute atomic E-state index is 0.0315. The van der Waals surface area contributed by atoms with Crippen molar-refractivity contribution in [1.29, 1.82) is 0 Å². The minimum Gasteiger partial charge on any atom is -0.497 e. The summed E-state index contributed by atoms with van der Waals surface area (Å²) in [6.07, 6.45) is 4.77. The van der Waals surface area contributed by atoms with Gasteiger partial charge in [0.05, 0.1) is 24.7 Å². The highest BCUT2D eigenvalue weighted by Gasteiger charge is 2.40. The van der Waals surface area contributed by atoms with Gasteiger partial charge in [-0.25, -0.2) is 0 Å². The molecule has 3 atom stereocenters. The summed E-state index contributed by atoms with van der Waals surface area (Å²) in [4.78, 5) is 43.4. The molecular weight excluding hydrogens is 554 g/mol. The van der Waals surface area contributed by atoms with E-state index in [9.17, 15) is 14.4 Å². The number of aromatic nitrogens is 2. The van der Waals surface area contributed by atoms with E-state index in [-0.39, 0.29) is 36.4 Å². The first-order chi connectivity index (χ1) is 20.2. The Kier molecular flexibility index (Phi) is 9.48. The Bertz CT molecular complexity index is 1430. The van der Waals surface area contributed by atoms with E-state index in [4.69, 9.17) is 22.1 Å². The Hall–Kier alpha value is -3.43. The van der Waals surface area contributed by atoms with Gasteiger partial charge in [-0.15, -0.1) is 0 Å². The van der Waals surface area contributed by atoms with E-state index in [1.165, 1.54) is 0 Å². The van der Waals surface area contributed by atoms with Crippen LogP contribution in [0.1, 0.15) is 49.7 Å². The van der Waals surface area contributed by atoms with Gasteiger partial charge in [-0.05, 0) is 79.8 Å². The number of rotatable bonds is 11. The number of halogens is 1. The number of amides is 2. The zero-order valence-corrected chi connectivity index (χ0v) is 25.2. The molecule has 0 saturated carbocycles. The zero-order chi connectivity index (χ0) is 29.8. The van der Waals surface area contributed by atoms with Crippen molar-refractivity contribution in [2.75, 3.05) is 26.7 Å². The highest BCUT2D eigenvalue weighted by molar-refractivity contribution is 6.34. The maximum absolute atomic E-state index is 13.7. The van der Waals surface area contributed by atoms with Crippen LogP contribution in [0.15, 0.2) is 42.5 Å². The van der Waals surface area contributed by atoms with Gasteiger partial charge in [-0.3, -0.25) is 19.1 Å². The molecule has 2 aliphatic heterocycles. The third-order valence-electron chi connectivity index (χ3n) is 8.70. The summed E-state index contributed by atoms with van der Waals surface area (Å²) in [5.41, 5.74) is 9.42. The lowest BCUT2D eigenvalue weighted by Gasteiger charge is -2.27. The van der Waals surface area contributed by atoms with E-state index < -0.39 is 12.1 Å². The van der Waals surface area contributed by atoms with Gasteiger partial charge in [0.25, 0.3) is 0 Å². The molecule has 2 fully saturated rings.